The fourth-order valence-electron chi connectivity index (χ4n) is 3.23. The second-order valence-corrected chi connectivity index (χ2v) is 9.91. The second kappa shape index (κ2) is 8.81. The number of thioether (sulfide) groups is 2. The van der Waals surface area contributed by atoms with Gasteiger partial charge < -0.3 is 10.3 Å². The number of hydrogen-bond donors (Lipinski definition) is 1. The molecule has 2 aromatic carbocycles. The first-order chi connectivity index (χ1) is 15.2. The molecule has 0 saturated heterocycles. The summed E-state index contributed by atoms with van der Waals surface area (Å²) in [5.41, 5.74) is 8.00. The summed E-state index contributed by atoms with van der Waals surface area (Å²) in [5, 5.41) is 10.6. The molecule has 31 heavy (non-hydrogen) atoms. The van der Waals surface area contributed by atoms with Crippen molar-refractivity contribution in [2.24, 2.45) is 0 Å². The van der Waals surface area contributed by atoms with E-state index in [1.54, 1.807) is 34.9 Å². The molecule has 2 N–H and O–H groups in total. The first-order valence-electron chi connectivity index (χ1n) is 9.75. The topological polar surface area (TPSA) is 95.4 Å². The van der Waals surface area contributed by atoms with Crippen molar-refractivity contribution in [1.29, 1.82) is 0 Å². The molecule has 3 aromatic heterocycles. The molecular formula is C21H19N7S3. The Balaban J connectivity index is 1.29. The molecule has 0 bridgehead atoms. The van der Waals surface area contributed by atoms with Gasteiger partial charge in [-0.25, -0.2) is 15.0 Å². The summed E-state index contributed by atoms with van der Waals surface area (Å²) >= 11 is 4.98. The van der Waals surface area contributed by atoms with E-state index in [0.29, 0.717) is 17.4 Å². The van der Waals surface area contributed by atoms with Gasteiger partial charge in [0.25, 0.3) is 0 Å². The number of anilines is 1. The lowest BCUT2D eigenvalue weighted by Gasteiger charge is -2.07. The highest BCUT2D eigenvalue weighted by Crippen LogP contribution is 2.32. The predicted molar refractivity (Wildman–Crippen MR) is 128 cm³/mol. The van der Waals surface area contributed by atoms with Crippen LogP contribution in [0.25, 0.3) is 21.1 Å². The van der Waals surface area contributed by atoms with Gasteiger partial charge in [-0.2, -0.15) is 0 Å². The number of nitrogens with two attached hydrogens (primary N) is 1. The van der Waals surface area contributed by atoms with Crippen molar-refractivity contribution < 1.29 is 0 Å². The highest BCUT2D eigenvalue weighted by molar-refractivity contribution is 8.00. The van der Waals surface area contributed by atoms with Gasteiger partial charge in [-0.15, -0.1) is 21.5 Å². The number of rotatable bonds is 7. The SMILES string of the molecule is CCn1c(CSc2nc3ccccc3s2)nnc1SCc1nc(N)c2ccccc2n1. The van der Waals surface area contributed by atoms with Crippen LogP contribution in [-0.2, 0) is 18.1 Å². The number of aromatic nitrogens is 6. The number of hydrogen-bond acceptors (Lipinski definition) is 9. The number of para-hydroxylation sites is 2. The molecule has 5 aromatic rings. The average Bonchev–Trinajstić information content (AvgIpc) is 3.39. The van der Waals surface area contributed by atoms with E-state index in [-0.39, 0.29) is 0 Å². The summed E-state index contributed by atoms with van der Waals surface area (Å²) < 4.78 is 4.38. The maximum Gasteiger partial charge on any atom is 0.191 e. The zero-order valence-electron chi connectivity index (χ0n) is 16.7. The highest BCUT2D eigenvalue weighted by atomic mass is 32.2. The Morgan fingerprint density at radius 3 is 2.55 bits per heavy atom. The molecule has 0 atom stereocenters. The van der Waals surface area contributed by atoms with E-state index in [0.717, 1.165) is 44.0 Å². The molecular weight excluding hydrogens is 446 g/mol. The Kier molecular flexibility index (Phi) is 5.75. The zero-order chi connectivity index (χ0) is 21.2. The Bertz CT molecular complexity index is 1330. The Morgan fingerprint density at radius 2 is 1.71 bits per heavy atom. The van der Waals surface area contributed by atoms with Gasteiger partial charge in [0.15, 0.2) is 9.50 Å². The van der Waals surface area contributed by atoms with Crippen molar-refractivity contribution in [3.63, 3.8) is 0 Å². The number of fused-ring (bicyclic) bond motifs is 2. The van der Waals surface area contributed by atoms with Gasteiger partial charge in [0.05, 0.1) is 27.2 Å². The molecule has 7 nitrogen and oxygen atoms in total. The van der Waals surface area contributed by atoms with Gasteiger partial charge in [0.1, 0.15) is 17.5 Å². The summed E-state index contributed by atoms with van der Waals surface area (Å²) in [5.74, 6) is 3.44. The van der Waals surface area contributed by atoms with E-state index in [2.05, 4.69) is 42.7 Å². The lowest BCUT2D eigenvalue weighted by Crippen LogP contribution is -2.03. The van der Waals surface area contributed by atoms with E-state index in [4.69, 9.17) is 5.73 Å². The first-order valence-corrected chi connectivity index (χ1v) is 12.5. The van der Waals surface area contributed by atoms with Crippen LogP contribution in [0.15, 0.2) is 58.0 Å². The third-order valence-corrected chi connectivity index (χ3v) is 7.86. The first kappa shape index (κ1) is 20.2. The Morgan fingerprint density at radius 1 is 0.903 bits per heavy atom. The van der Waals surface area contributed by atoms with Gasteiger partial charge in [-0.05, 0) is 31.2 Å². The third-order valence-electron chi connectivity index (χ3n) is 4.72. The van der Waals surface area contributed by atoms with Crippen LogP contribution in [0, 0.1) is 0 Å². The smallest absolute Gasteiger partial charge is 0.191 e. The Hall–Kier alpha value is -2.69. The van der Waals surface area contributed by atoms with Crippen molar-refractivity contribution in [2.75, 3.05) is 5.73 Å². The maximum absolute atomic E-state index is 6.11. The minimum absolute atomic E-state index is 0.506. The Labute approximate surface area is 191 Å². The molecule has 0 aliphatic heterocycles. The van der Waals surface area contributed by atoms with E-state index < -0.39 is 0 Å². The van der Waals surface area contributed by atoms with Crippen molar-refractivity contribution in [3.05, 3.63) is 60.2 Å². The van der Waals surface area contributed by atoms with E-state index in [9.17, 15) is 0 Å². The van der Waals surface area contributed by atoms with Crippen LogP contribution in [0.3, 0.4) is 0 Å². The fourth-order valence-corrected chi connectivity index (χ4v) is 6.12. The van der Waals surface area contributed by atoms with Crippen LogP contribution in [0.2, 0.25) is 0 Å². The molecule has 0 radical (unpaired) electrons. The van der Waals surface area contributed by atoms with Crippen LogP contribution < -0.4 is 5.73 Å². The van der Waals surface area contributed by atoms with Gasteiger partial charge in [0.2, 0.25) is 0 Å². The summed E-state index contributed by atoms with van der Waals surface area (Å²) in [7, 11) is 0. The molecule has 156 valence electrons. The normalized spacial score (nSPS) is 11.5. The van der Waals surface area contributed by atoms with Gasteiger partial charge in [0, 0.05) is 11.9 Å². The number of nitrogen functional groups attached to an aromatic ring is 1. The van der Waals surface area contributed by atoms with E-state index >= 15 is 0 Å². The summed E-state index contributed by atoms with van der Waals surface area (Å²) in [6.45, 7) is 2.90. The maximum atomic E-state index is 6.11. The predicted octanol–water partition coefficient (Wildman–Crippen LogP) is 5.02. The van der Waals surface area contributed by atoms with Crippen molar-refractivity contribution >= 4 is 61.8 Å². The van der Waals surface area contributed by atoms with Crippen LogP contribution in [0.5, 0.6) is 0 Å². The molecule has 0 unspecified atom stereocenters. The van der Waals surface area contributed by atoms with E-state index in [1.165, 1.54) is 4.70 Å². The molecule has 3 heterocycles. The zero-order valence-corrected chi connectivity index (χ0v) is 19.2. The molecule has 0 aliphatic carbocycles. The molecule has 0 fully saturated rings. The summed E-state index contributed by atoms with van der Waals surface area (Å²) in [6, 6.07) is 16.0. The van der Waals surface area contributed by atoms with Crippen molar-refractivity contribution in [3.8, 4) is 0 Å². The lowest BCUT2D eigenvalue weighted by atomic mass is 10.2. The molecule has 0 aliphatic rings. The second-order valence-electron chi connectivity index (χ2n) is 6.71. The number of nitrogens with zero attached hydrogens (tertiary/aromatic N) is 6. The summed E-state index contributed by atoms with van der Waals surface area (Å²) in [6.07, 6.45) is 0. The lowest BCUT2D eigenvalue weighted by molar-refractivity contribution is 0.659. The summed E-state index contributed by atoms with van der Waals surface area (Å²) in [4.78, 5) is 13.8. The molecule has 0 spiro atoms. The average molecular weight is 466 g/mol. The molecule has 0 saturated carbocycles. The monoisotopic (exact) mass is 465 g/mol. The molecule has 0 amide bonds. The minimum atomic E-state index is 0.506. The largest absolute Gasteiger partial charge is 0.383 e. The minimum Gasteiger partial charge on any atom is -0.383 e. The van der Waals surface area contributed by atoms with Crippen LogP contribution in [0.1, 0.15) is 18.6 Å². The van der Waals surface area contributed by atoms with E-state index in [1.807, 2.05) is 42.5 Å². The van der Waals surface area contributed by atoms with Gasteiger partial charge in [-0.1, -0.05) is 47.8 Å². The van der Waals surface area contributed by atoms with Crippen LogP contribution >= 0.6 is 34.9 Å². The third kappa shape index (κ3) is 4.23. The fraction of sp³-hybridized carbons (Fsp3) is 0.190. The highest BCUT2D eigenvalue weighted by Gasteiger charge is 2.14. The number of thiazole rings is 1. The van der Waals surface area contributed by atoms with Gasteiger partial charge >= 0.3 is 0 Å². The van der Waals surface area contributed by atoms with Crippen LogP contribution in [-0.4, -0.2) is 29.7 Å². The molecule has 5 rings (SSSR count). The standard InChI is InChI=1S/C21H19N7S3/c1-2-28-18(12-30-21-24-15-9-5-6-10-16(15)31-21)26-27-20(28)29-11-17-23-14-8-4-3-7-13(14)19(22)25-17/h3-10H,2,11-12H2,1H3,(H2,22,23,25). The quantitative estimate of drug-likeness (QED) is 0.335. The van der Waals surface area contributed by atoms with Crippen LogP contribution in [0.4, 0.5) is 5.82 Å². The number of benzene rings is 2. The molecule has 10 heteroatoms. The van der Waals surface area contributed by atoms with Gasteiger partial charge in [-0.3, -0.25) is 0 Å². The van der Waals surface area contributed by atoms with Crippen molar-refractivity contribution in [1.82, 2.24) is 29.7 Å². The van der Waals surface area contributed by atoms with Crippen molar-refractivity contribution in [2.45, 2.75) is 34.5 Å².